The van der Waals surface area contributed by atoms with Gasteiger partial charge in [-0.1, -0.05) is 26.0 Å². The summed E-state index contributed by atoms with van der Waals surface area (Å²) in [5.41, 5.74) is 2.14. The second-order valence-electron chi connectivity index (χ2n) is 7.32. The summed E-state index contributed by atoms with van der Waals surface area (Å²) in [5, 5.41) is 9.42. The van der Waals surface area contributed by atoms with Gasteiger partial charge in [0.25, 0.3) is 0 Å². The van der Waals surface area contributed by atoms with Crippen LogP contribution in [0.1, 0.15) is 32.5 Å². The third-order valence-corrected chi connectivity index (χ3v) is 4.96. The van der Waals surface area contributed by atoms with Gasteiger partial charge in [0.1, 0.15) is 5.82 Å². The van der Waals surface area contributed by atoms with Crippen LogP contribution in [0.5, 0.6) is 0 Å². The van der Waals surface area contributed by atoms with Gasteiger partial charge in [0.15, 0.2) is 0 Å². The molecule has 0 amide bonds. The number of para-hydroxylation sites is 2. The van der Waals surface area contributed by atoms with E-state index >= 15 is 0 Å². The van der Waals surface area contributed by atoms with Crippen LogP contribution in [0.4, 0.5) is 0 Å². The number of benzene rings is 1. The Morgan fingerprint density at radius 1 is 1.29 bits per heavy atom. The normalized spacial score (nSPS) is 20.2. The van der Waals surface area contributed by atoms with Crippen LogP contribution in [0.3, 0.4) is 0 Å². The Hall–Kier alpha value is -1.43. The summed E-state index contributed by atoms with van der Waals surface area (Å²) < 4.78 is 0. The van der Waals surface area contributed by atoms with E-state index in [1.807, 2.05) is 18.2 Å². The largest absolute Gasteiger partial charge is 0.396 e. The minimum atomic E-state index is 0.265. The van der Waals surface area contributed by atoms with Gasteiger partial charge in [-0.3, -0.25) is 9.80 Å². The van der Waals surface area contributed by atoms with E-state index in [-0.39, 0.29) is 6.61 Å². The first-order valence-corrected chi connectivity index (χ1v) is 9.16. The minimum Gasteiger partial charge on any atom is -0.396 e. The number of aromatic amines is 1. The highest BCUT2D eigenvalue weighted by Gasteiger charge is 2.26. The number of aliphatic hydroxyl groups is 1. The van der Waals surface area contributed by atoms with Gasteiger partial charge in [-0.25, -0.2) is 4.98 Å². The van der Waals surface area contributed by atoms with Crippen molar-refractivity contribution in [2.45, 2.75) is 39.3 Å². The summed E-state index contributed by atoms with van der Waals surface area (Å²) in [6.07, 6.45) is 2.08. The number of H-pyrrole nitrogens is 1. The molecule has 24 heavy (non-hydrogen) atoms. The Balaban J connectivity index is 1.61. The van der Waals surface area contributed by atoms with E-state index in [1.165, 1.54) is 6.42 Å². The lowest BCUT2D eigenvalue weighted by Crippen LogP contribution is -2.53. The zero-order valence-electron chi connectivity index (χ0n) is 14.9. The van der Waals surface area contributed by atoms with Gasteiger partial charge >= 0.3 is 0 Å². The van der Waals surface area contributed by atoms with Gasteiger partial charge in [-0.15, -0.1) is 0 Å². The first-order valence-electron chi connectivity index (χ1n) is 9.16. The second-order valence-corrected chi connectivity index (χ2v) is 7.32. The van der Waals surface area contributed by atoms with E-state index in [0.717, 1.165) is 61.9 Å². The first kappa shape index (κ1) is 17.4. The predicted octanol–water partition coefficient (Wildman–Crippen LogP) is 2.48. The molecule has 1 aromatic heterocycles. The zero-order chi connectivity index (χ0) is 16.9. The van der Waals surface area contributed by atoms with Crippen molar-refractivity contribution in [3.05, 3.63) is 30.1 Å². The lowest BCUT2D eigenvalue weighted by Gasteiger charge is -2.41. The van der Waals surface area contributed by atoms with E-state index in [9.17, 15) is 5.11 Å². The Bertz CT molecular complexity index is 606. The van der Waals surface area contributed by atoms with Gasteiger partial charge in [0.05, 0.1) is 17.6 Å². The fraction of sp³-hybridized carbons (Fsp3) is 0.632. The molecule has 0 aliphatic carbocycles. The monoisotopic (exact) mass is 330 g/mol. The Labute approximate surface area is 144 Å². The molecule has 1 atom stereocenters. The summed E-state index contributed by atoms with van der Waals surface area (Å²) in [4.78, 5) is 13.1. The van der Waals surface area contributed by atoms with Crippen LogP contribution in [-0.2, 0) is 6.54 Å². The van der Waals surface area contributed by atoms with Crippen LogP contribution in [0, 0.1) is 5.92 Å². The summed E-state index contributed by atoms with van der Waals surface area (Å²) in [7, 11) is 0. The van der Waals surface area contributed by atoms with Crippen molar-refractivity contribution < 1.29 is 5.11 Å². The Morgan fingerprint density at radius 2 is 2.12 bits per heavy atom. The minimum absolute atomic E-state index is 0.265. The number of aliphatic hydroxyl groups excluding tert-OH is 1. The molecule has 1 fully saturated rings. The van der Waals surface area contributed by atoms with Crippen molar-refractivity contribution in [3.63, 3.8) is 0 Å². The molecule has 132 valence electrons. The van der Waals surface area contributed by atoms with Crippen LogP contribution in [0.25, 0.3) is 11.0 Å². The van der Waals surface area contributed by atoms with E-state index in [0.29, 0.717) is 6.04 Å². The van der Waals surface area contributed by atoms with Gasteiger partial charge in [0.2, 0.25) is 0 Å². The summed E-state index contributed by atoms with van der Waals surface area (Å²) in [6, 6.07) is 8.64. The van der Waals surface area contributed by atoms with Crippen LogP contribution < -0.4 is 0 Å². The van der Waals surface area contributed by atoms with Gasteiger partial charge in [0, 0.05) is 32.3 Å². The zero-order valence-corrected chi connectivity index (χ0v) is 14.9. The molecule has 2 N–H and O–H groups in total. The maximum absolute atomic E-state index is 9.42. The van der Waals surface area contributed by atoms with Gasteiger partial charge < -0.3 is 10.1 Å². The highest BCUT2D eigenvalue weighted by molar-refractivity contribution is 5.74. The molecule has 0 bridgehead atoms. The molecule has 0 spiro atoms. The lowest BCUT2D eigenvalue weighted by atomic mass is 10.1. The molecule has 5 heteroatoms. The molecule has 0 radical (unpaired) electrons. The van der Waals surface area contributed by atoms with Gasteiger partial charge in [-0.2, -0.15) is 0 Å². The Kier molecular flexibility index (Phi) is 5.87. The lowest BCUT2D eigenvalue weighted by molar-refractivity contribution is 0.0513. The molecule has 1 aliphatic heterocycles. The molecule has 1 saturated heterocycles. The van der Waals surface area contributed by atoms with Crippen molar-refractivity contribution in [1.29, 1.82) is 0 Å². The van der Waals surface area contributed by atoms with E-state index in [1.54, 1.807) is 0 Å². The number of imidazole rings is 1. The molecule has 2 aromatic rings. The van der Waals surface area contributed by atoms with Gasteiger partial charge in [-0.05, 0) is 37.4 Å². The number of hydrogen-bond acceptors (Lipinski definition) is 4. The first-order chi connectivity index (χ1) is 11.7. The molecular weight excluding hydrogens is 300 g/mol. The van der Waals surface area contributed by atoms with Crippen LogP contribution >= 0.6 is 0 Å². The third kappa shape index (κ3) is 4.35. The molecule has 1 aromatic carbocycles. The number of nitrogens with one attached hydrogen (secondary N) is 1. The fourth-order valence-electron chi connectivity index (χ4n) is 3.53. The average molecular weight is 330 g/mol. The molecular formula is C19H30N4O. The third-order valence-electron chi connectivity index (χ3n) is 4.96. The number of aromatic nitrogens is 2. The number of hydrogen-bond donors (Lipinski definition) is 2. The predicted molar refractivity (Wildman–Crippen MR) is 97.9 cm³/mol. The topological polar surface area (TPSA) is 55.4 Å². The Morgan fingerprint density at radius 3 is 2.88 bits per heavy atom. The van der Waals surface area contributed by atoms with Crippen LogP contribution in [0.15, 0.2) is 24.3 Å². The fourth-order valence-corrected chi connectivity index (χ4v) is 3.53. The molecule has 1 aliphatic rings. The maximum Gasteiger partial charge on any atom is 0.121 e. The number of fused-ring (bicyclic) bond motifs is 1. The smallest absolute Gasteiger partial charge is 0.121 e. The highest BCUT2D eigenvalue weighted by Crippen LogP contribution is 2.18. The van der Waals surface area contributed by atoms with Crippen LogP contribution in [-0.4, -0.2) is 63.7 Å². The van der Waals surface area contributed by atoms with Crippen molar-refractivity contribution in [2.24, 2.45) is 5.92 Å². The molecule has 0 saturated carbocycles. The summed E-state index contributed by atoms with van der Waals surface area (Å²) in [5.74, 6) is 1.77. The molecule has 3 rings (SSSR count). The molecule has 2 heterocycles. The van der Waals surface area contributed by atoms with Crippen LogP contribution in [0.2, 0.25) is 0 Å². The van der Waals surface area contributed by atoms with Crippen molar-refractivity contribution >= 4 is 11.0 Å². The SMILES string of the molecule is CC(C)CCN1CCN(Cc2nc3ccccc3[nH]2)C[C@H]1CCO. The number of rotatable bonds is 7. The number of nitrogens with zero attached hydrogens (tertiary/aromatic N) is 3. The van der Waals surface area contributed by atoms with Crippen molar-refractivity contribution in [3.8, 4) is 0 Å². The van der Waals surface area contributed by atoms with Crippen molar-refractivity contribution in [1.82, 2.24) is 19.8 Å². The highest BCUT2D eigenvalue weighted by atomic mass is 16.3. The summed E-state index contributed by atoms with van der Waals surface area (Å²) >= 11 is 0. The summed E-state index contributed by atoms with van der Waals surface area (Å²) in [6.45, 7) is 9.97. The average Bonchev–Trinajstić information content (AvgIpc) is 2.96. The van der Waals surface area contributed by atoms with E-state index < -0.39 is 0 Å². The standard InChI is InChI=1S/C19H30N4O/c1-15(2)7-9-23-11-10-22(13-16(23)8-12-24)14-19-20-17-5-3-4-6-18(17)21-19/h3-6,15-16,24H,7-14H2,1-2H3,(H,20,21)/t16-/m1/s1. The van der Waals surface area contributed by atoms with Crippen molar-refractivity contribution in [2.75, 3.05) is 32.8 Å². The number of piperazine rings is 1. The second kappa shape index (κ2) is 8.10. The van der Waals surface area contributed by atoms with E-state index in [2.05, 4.69) is 34.7 Å². The molecule has 5 nitrogen and oxygen atoms in total. The molecule has 0 unspecified atom stereocenters. The maximum atomic E-state index is 9.42. The quantitative estimate of drug-likeness (QED) is 0.819. The van der Waals surface area contributed by atoms with E-state index in [4.69, 9.17) is 4.98 Å².